The van der Waals surface area contributed by atoms with Gasteiger partial charge in [0.1, 0.15) is 5.82 Å². The van der Waals surface area contributed by atoms with Crippen LogP contribution in [-0.4, -0.2) is 48.6 Å². The lowest BCUT2D eigenvalue weighted by Crippen LogP contribution is -2.30. The van der Waals surface area contributed by atoms with Crippen molar-refractivity contribution in [3.8, 4) is 22.5 Å². The predicted molar refractivity (Wildman–Crippen MR) is 140 cm³/mol. The second-order valence-corrected chi connectivity index (χ2v) is 10.4. The summed E-state index contributed by atoms with van der Waals surface area (Å²) >= 11 is 0. The summed E-state index contributed by atoms with van der Waals surface area (Å²) < 4.78 is 2.36. The highest BCUT2D eigenvalue weighted by atomic mass is 16.2. The molecule has 36 heavy (non-hydrogen) atoms. The quantitative estimate of drug-likeness (QED) is 0.378. The molecule has 1 aliphatic carbocycles. The van der Waals surface area contributed by atoms with Gasteiger partial charge in [0.15, 0.2) is 5.65 Å². The van der Waals surface area contributed by atoms with Crippen molar-refractivity contribution in [2.75, 3.05) is 13.1 Å². The molecule has 2 fully saturated rings. The predicted octanol–water partition coefficient (Wildman–Crippen LogP) is 5.21. The Labute approximate surface area is 209 Å². The number of carbonyl (C=O) groups is 1. The topological polar surface area (TPSA) is 79.7 Å². The highest BCUT2D eigenvalue weighted by molar-refractivity contribution is 5.83. The first-order valence-corrected chi connectivity index (χ1v) is 12.8. The van der Waals surface area contributed by atoms with Crippen LogP contribution in [0.25, 0.3) is 44.6 Å². The molecule has 180 valence electrons. The van der Waals surface area contributed by atoms with Gasteiger partial charge >= 0.3 is 0 Å². The van der Waals surface area contributed by atoms with E-state index in [4.69, 9.17) is 4.98 Å². The number of imidazole rings is 1. The molecule has 7 rings (SSSR count). The van der Waals surface area contributed by atoms with E-state index in [-0.39, 0.29) is 0 Å². The Morgan fingerprint density at radius 2 is 1.83 bits per heavy atom. The number of fused-ring (bicyclic) bond motifs is 2. The Kier molecular flexibility index (Phi) is 4.91. The van der Waals surface area contributed by atoms with Crippen molar-refractivity contribution in [1.82, 2.24) is 29.6 Å². The van der Waals surface area contributed by atoms with Crippen LogP contribution in [0.3, 0.4) is 0 Å². The molecule has 0 spiro atoms. The number of aromatic amines is 1. The molecule has 2 aromatic carbocycles. The van der Waals surface area contributed by atoms with Crippen LogP contribution in [0.1, 0.15) is 24.8 Å². The number of H-pyrrole nitrogens is 1. The van der Waals surface area contributed by atoms with Crippen molar-refractivity contribution >= 4 is 28.0 Å². The number of amides is 1. The van der Waals surface area contributed by atoms with E-state index in [1.807, 2.05) is 6.20 Å². The maximum atomic E-state index is 12.6. The van der Waals surface area contributed by atoms with E-state index in [1.54, 1.807) is 6.20 Å². The van der Waals surface area contributed by atoms with Crippen LogP contribution >= 0.6 is 0 Å². The summed E-state index contributed by atoms with van der Waals surface area (Å²) in [5.74, 6) is 2.08. The minimum atomic E-state index is 0.291. The first-order chi connectivity index (χ1) is 17.6. The van der Waals surface area contributed by atoms with Crippen LogP contribution in [0.15, 0.2) is 60.9 Å². The number of hydrogen-bond donors (Lipinski definition) is 1. The number of likely N-dealkylation sites (tertiary alicyclic amines) is 1. The molecule has 2 aliphatic rings. The number of aromatic nitrogens is 5. The molecular formula is C29H28N6O. The third kappa shape index (κ3) is 3.75. The summed E-state index contributed by atoms with van der Waals surface area (Å²) in [5.41, 5.74) is 7.44. The fraction of sp³-hybridized carbons (Fsp3) is 0.310. The lowest BCUT2D eigenvalue weighted by atomic mass is 10.0. The van der Waals surface area contributed by atoms with Crippen molar-refractivity contribution in [3.63, 3.8) is 0 Å². The van der Waals surface area contributed by atoms with Gasteiger partial charge in [-0.25, -0.2) is 9.97 Å². The molecule has 0 bridgehead atoms. The lowest BCUT2D eigenvalue weighted by Gasteiger charge is -2.18. The van der Waals surface area contributed by atoms with Gasteiger partial charge in [-0.15, -0.1) is 0 Å². The van der Waals surface area contributed by atoms with Crippen LogP contribution < -0.4 is 0 Å². The average molecular weight is 477 g/mol. The number of hydrogen-bond acceptors (Lipinski definition) is 4. The zero-order valence-corrected chi connectivity index (χ0v) is 20.3. The summed E-state index contributed by atoms with van der Waals surface area (Å²) in [6, 6.07) is 17.2. The van der Waals surface area contributed by atoms with Gasteiger partial charge in [-0.1, -0.05) is 30.3 Å². The van der Waals surface area contributed by atoms with Crippen LogP contribution in [0, 0.1) is 18.8 Å². The fourth-order valence-corrected chi connectivity index (χ4v) is 5.48. The van der Waals surface area contributed by atoms with Gasteiger partial charge in [0.25, 0.3) is 0 Å². The minimum absolute atomic E-state index is 0.291. The molecule has 1 aliphatic heterocycles. The van der Waals surface area contributed by atoms with Crippen molar-refractivity contribution in [1.29, 1.82) is 0 Å². The Balaban J connectivity index is 1.21. The fourth-order valence-electron chi connectivity index (χ4n) is 5.48. The second-order valence-electron chi connectivity index (χ2n) is 10.4. The SMILES string of the molecule is Cc1ccc2c(c1)nc(-c1ccc(-c3cnc4[nH]ncc4c3)cc1)n2C[C@@H]1CCN(C(=O)C2CC2)C1. The van der Waals surface area contributed by atoms with E-state index < -0.39 is 0 Å². The number of nitrogens with zero attached hydrogens (tertiary/aromatic N) is 5. The summed E-state index contributed by atoms with van der Waals surface area (Å²) in [4.78, 5) is 24.2. The van der Waals surface area contributed by atoms with E-state index in [1.165, 1.54) is 5.56 Å². The standard InChI is InChI=1S/C29H28N6O/c1-18-2-9-26-25(12-18)32-28(35(26)17-19-10-11-34(16-19)29(36)22-7-8-22)21-5-3-20(4-6-21)23-13-24-15-31-33-27(24)30-14-23/h2-6,9,12-15,19,22H,7-8,10-11,16-17H2,1H3,(H,30,31,33)/t19-/m1/s1. The van der Waals surface area contributed by atoms with Crippen LogP contribution in [0.5, 0.6) is 0 Å². The van der Waals surface area contributed by atoms with Crippen LogP contribution in [0.2, 0.25) is 0 Å². The molecule has 5 aromatic rings. The second kappa shape index (κ2) is 8.29. The van der Waals surface area contributed by atoms with Gasteiger partial charge in [-0.3, -0.25) is 9.89 Å². The molecule has 0 unspecified atom stereocenters. The number of benzene rings is 2. The molecule has 1 saturated carbocycles. The Morgan fingerprint density at radius 1 is 1.00 bits per heavy atom. The van der Waals surface area contributed by atoms with Gasteiger partial charge < -0.3 is 9.47 Å². The van der Waals surface area contributed by atoms with E-state index >= 15 is 0 Å². The molecule has 1 N–H and O–H groups in total. The molecule has 1 amide bonds. The number of carbonyl (C=O) groups excluding carboxylic acids is 1. The van der Waals surface area contributed by atoms with Crippen LogP contribution in [-0.2, 0) is 11.3 Å². The molecule has 7 heteroatoms. The molecular weight excluding hydrogens is 448 g/mol. The van der Waals surface area contributed by atoms with Gasteiger partial charge in [-0.05, 0) is 61.4 Å². The zero-order chi connectivity index (χ0) is 24.2. The summed E-state index contributed by atoms with van der Waals surface area (Å²) in [5, 5.41) is 7.98. The third-order valence-electron chi connectivity index (χ3n) is 7.64. The monoisotopic (exact) mass is 476 g/mol. The first-order valence-electron chi connectivity index (χ1n) is 12.8. The maximum absolute atomic E-state index is 12.6. The van der Waals surface area contributed by atoms with E-state index in [2.05, 4.69) is 80.1 Å². The third-order valence-corrected chi connectivity index (χ3v) is 7.64. The van der Waals surface area contributed by atoms with Gasteiger partial charge in [0.05, 0.1) is 17.2 Å². The van der Waals surface area contributed by atoms with E-state index in [0.717, 1.165) is 83.5 Å². The zero-order valence-electron chi connectivity index (χ0n) is 20.3. The number of aryl methyl sites for hydroxylation is 1. The Bertz CT molecular complexity index is 1590. The van der Waals surface area contributed by atoms with Crippen molar-refractivity contribution in [3.05, 3.63) is 66.5 Å². The van der Waals surface area contributed by atoms with E-state index in [0.29, 0.717) is 17.7 Å². The molecule has 7 nitrogen and oxygen atoms in total. The Morgan fingerprint density at radius 3 is 2.67 bits per heavy atom. The largest absolute Gasteiger partial charge is 0.342 e. The Hall–Kier alpha value is -4.00. The molecule has 1 saturated heterocycles. The normalized spacial score (nSPS) is 17.9. The highest BCUT2D eigenvalue weighted by Gasteiger charge is 2.36. The average Bonchev–Trinajstić information content (AvgIpc) is 3.30. The molecule has 3 aromatic heterocycles. The molecule has 4 heterocycles. The van der Waals surface area contributed by atoms with Gasteiger partial charge in [-0.2, -0.15) is 5.10 Å². The summed E-state index contributed by atoms with van der Waals surface area (Å²) in [6.07, 6.45) is 6.86. The number of rotatable bonds is 5. The van der Waals surface area contributed by atoms with Crippen LogP contribution in [0.4, 0.5) is 0 Å². The lowest BCUT2D eigenvalue weighted by molar-refractivity contribution is -0.131. The highest BCUT2D eigenvalue weighted by Crippen LogP contribution is 2.34. The van der Waals surface area contributed by atoms with Crippen molar-refractivity contribution < 1.29 is 4.79 Å². The first kappa shape index (κ1) is 21.3. The molecule has 0 radical (unpaired) electrons. The number of pyridine rings is 1. The smallest absolute Gasteiger partial charge is 0.225 e. The minimum Gasteiger partial charge on any atom is -0.342 e. The van der Waals surface area contributed by atoms with Crippen molar-refractivity contribution in [2.24, 2.45) is 11.8 Å². The van der Waals surface area contributed by atoms with Gasteiger partial charge in [0, 0.05) is 48.3 Å². The summed E-state index contributed by atoms with van der Waals surface area (Å²) in [6.45, 7) is 4.70. The summed E-state index contributed by atoms with van der Waals surface area (Å²) in [7, 11) is 0. The van der Waals surface area contributed by atoms with Gasteiger partial charge in [0.2, 0.25) is 5.91 Å². The van der Waals surface area contributed by atoms with Crippen molar-refractivity contribution in [2.45, 2.75) is 32.7 Å². The van der Waals surface area contributed by atoms with E-state index in [9.17, 15) is 4.79 Å². The maximum Gasteiger partial charge on any atom is 0.225 e. The number of nitrogens with one attached hydrogen (secondary N) is 1. The molecule has 1 atom stereocenters.